The van der Waals surface area contributed by atoms with E-state index in [-0.39, 0.29) is 11.8 Å². The Morgan fingerprint density at radius 3 is 2.84 bits per heavy atom. The van der Waals surface area contributed by atoms with Crippen molar-refractivity contribution in [3.63, 3.8) is 0 Å². The van der Waals surface area contributed by atoms with Gasteiger partial charge in [0.25, 0.3) is 0 Å². The molecule has 0 spiro atoms. The smallest absolute Gasteiger partial charge is 0.407 e. The lowest BCUT2D eigenvalue weighted by Crippen LogP contribution is -2.41. The molecule has 2 aromatic heterocycles. The summed E-state index contributed by atoms with van der Waals surface area (Å²) >= 11 is 0. The molecule has 0 saturated carbocycles. The van der Waals surface area contributed by atoms with Gasteiger partial charge in [0.1, 0.15) is 6.23 Å². The summed E-state index contributed by atoms with van der Waals surface area (Å²) in [4.78, 5) is 15.4. The first-order valence-corrected chi connectivity index (χ1v) is 11.3. The number of rotatable bonds is 9. The summed E-state index contributed by atoms with van der Waals surface area (Å²) in [6, 6.07) is 3.05. The van der Waals surface area contributed by atoms with Gasteiger partial charge in [-0.2, -0.15) is 9.49 Å². The van der Waals surface area contributed by atoms with E-state index in [1.54, 1.807) is 6.07 Å². The van der Waals surface area contributed by atoms with Gasteiger partial charge in [-0.1, -0.05) is 0 Å². The Bertz CT molecular complexity index is 858. The molecule has 176 valence electrons. The quantitative estimate of drug-likeness (QED) is 0.449. The molecule has 1 aliphatic rings. The second-order valence-electron chi connectivity index (χ2n) is 9.04. The standard InChI is InChI=1S/C23H34FN5O3/c1-23(2,3)27-22(30)32-14-6-11-25-12-10-18-16-29(20-7-4-5-13-31-20)28-21(18)17-8-9-19(24)26-15-17/h8-9,15-16,20,25H,4-7,10-14H2,1-3H3,(H,27,30). The molecule has 2 N–H and O–H groups in total. The van der Waals surface area contributed by atoms with Crippen molar-refractivity contribution in [2.24, 2.45) is 0 Å². The van der Waals surface area contributed by atoms with Crippen LogP contribution in [-0.2, 0) is 15.9 Å². The zero-order valence-electron chi connectivity index (χ0n) is 19.2. The van der Waals surface area contributed by atoms with Crippen molar-refractivity contribution >= 4 is 6.09 Å². The van der Waals surface area contributed by atoms with Crippen molar-refractivity contribution in [3.8, 4) is 11.3 Å². The van der Waals surface area contributed by atoms with Crippen molar-refractivity contribution in [1.29, 1.82) is 0 Å². The SMILES string of the molecule is CC(C)(C)NC(=O)OCCCNCCc1cn(C2CCCCO2)nc1-c1ccc(F)nc1. The minimum atomic E-state index is -0.509. The van der Waals surface area contributed by atoms with E-state index in [0.29, 0.717) is 6.61 Å². The van der Waals surface area contributed by atoms with Gasteiger partial charge >= 0.3 is 6.09 Å². The monoisotopic (exact) mass is 447 g/mol. The third-order valence-corrected chi connectivity index (χ3v) is 5.04. The first kappa shape index (κ1) is 24.1. The number of aromatic nitrogens is 3. The van der Waals surface area contributed by atoms with Crippen LogP contribution in [0.15, 0.2) is 24.5 Å². The Labute approximate surface area is 188 Å². The van der Waals surface area contributed by atoms with E-state index in [1.165, 1.54) is 12.3 Å². The van der Waals surface area contributed by atoms with Gasteiger partial charge in [-0.05, 0) is 83.7 Å². The molecular weight excluding hydrogens is 413 g/mol. The Hall–Kier alpha value is -2.52. The van der Waals surface area contributed by atoms with Crippen LogP contribution in [0.2, 0.25) is 0 Å². The maximum atomic E-state index is 13.3. The van der Waals surface area contributed by atoms with Gasteiger partial charge in [-0.25, -0.2) is 14.5 Å². The number of carbonyl (C=O) groups excluding carboxylic acids is 1. The Morgan fingerprint density at radius 1 is 1.31 bits per heavy atom. The highest BCUT2D eigenvalue weighted by atomic mass is 19.1. The summed E-state index contributed by atoms with van der Waals surface area (Å²) in [6.45, 7) is 8.31. The molecule has 2 aromatic rings. The van der Waals surface area contributed by atoms with E-state index in [0.717, 1.165) is 68.6 Å². The summed E-state index contributed by atoms with van der Waals surface area (Å²) < 4.78 is 26.2. The fourth-order valence-electron chi connectivity index (χ4n) is 3.50. The molecule has 1 fully saturated rings. The van der Waals surface area contributed by atoms with E-state index in [4.69, 9.17) is 14.6 Å². The Morgan fingerprint density at radius 2 is 2.16 bits per heavy atom. The van der Waals surface area contributed by atoms with Gasteiger partial charge in [0.05, 0.1) is 12.3 Å². The van der Waals surface area contributed by atoms with Crippen LogP contribution in [0.1, 0.15) is 58.2 Å². The maximum Gasteiger partial charge on any atom is 0.407 e. The largest absolute Gasteiger partial charge is 0.450 e. The third kappa shape index (κ3) is 7.56. The lowest BCUT2D eigenvalue weighted by atomic mass is 10.1. The number of nitrogens with one attached hydrogen (secondary N) is 2. The summed E-state index contributed by atoms with van der Waals surface area (Å²) in [7, 11) is 0. The molecule has 32 heavy (non-hydrogen) atoms. The predicted molar refractivity (Wildman–Crippen MR) is 120 cm³/mol. The number of hydrogen-bond acceptors (Lipinski definition) is 6. The molecule has 1 aliphatic heterocycles. The van der Waals surface area contributed by atoms with Crippen molar-refractivity contribution in [2.45, 2.75) is 64.6 Å². The van der Waals surface area contributed by atoms with Crippen LogP contribution in [0.3, 0.4) is 0 Å². The number of pyridine rings is 1. The summed E-state index contributed by atoms with van der Waals surface area (Å²) in [5.74, 6) is -0.509. The lowest BCUT2D eigenvalue weighted by Gasteiger charge is -2.22. The van der Waals surface area contributed by atoms with Crippen molar-refractivity contribution in [3.05, 3.63) is 36.0 Å². The van der Waals surface area contributed by atoms with E-state index < -0.39 is 12.0 Å². The molecule has 0 aliphatic carbocycles. The van der Waals surface area contributed by atoms with Crippen LogP contribution in [-0.4, -0.2) is 52.7 Å². The highest BCUT2D eigenvalue weighted by Crippen LogP contribution is 2.27. The molecule has 3 rings (SSSR count). The van der Waals surface area contributed by atoms with Crippen LogP contribution < -0.4 is 10.6 Å². The predicted octanol–water partition coefficient (Wildman–Crippen LogP) is 3.83. The van der Waals surface area contributed by atoms with Crippen molar-refractivity contribution < 1.29 is 18.7 Å². The first-order chi connectivity index (χ1) is 15.3. The van der Waals surface area contributed by atoms with Crippen molar-refractivity contribution in [1.82, 2.24) is 25.4 Å². The van der Waals surface area contributed by atoms with Gasteiger partial charge in [0.2, 0.25) is 5.95 Å². The molecule has 9 heteroatoms. The van der Waals surface area contributed by atoms with E-state index in [2.05, 4.69) is 15.6 Å². The fourth-order valence-corrected chi connectivity index (χ4v) is 3.50. The molecular formula is C23H34FN5O3. The van der Waals surface area contributed by atoms with E-state index in [1.807, 2.05) is 31.6 Å². The number of halogens is 1. The highest BCUT2D eigenvalue weighted by Gasteiger charge is 2.20. The average molecular weight is 448 g/mol. The van der Waals surface area contributed by atoms with Gasteiger partial charge in [-0.3, -0.25) is 0 Å². The van der Waals surface area contributed by atoms with Gasteiger partial charge < -0.3 is 20.1 Å². The number of alkyl carbamates (subject to hydrolysis) is 1. The van der Waals surface area contributed by atoms with Crippen LogP contribution in [0.5, 0.6) is 0 Å². The molecule has 1 unspecified atom stereocenters. The average Bonchev–Trinajstić information content (AvgIpc) is 3.17. The number of hydrogen-bond donors (Lipinski definition) is 2. The van der Waals surface area contributed by atoms with Crippen LogP contribution in [0.4, 0.5) is 9.18 Å². The molecule has 3 heterocycles. The first-order valence-electron chi connectivity index (χ1n) is 11.3. The molecule has 1 atom stereocenters. The zero-order valence-corrected chi connectivity index (χ0v) is 19.2. The van der Waals surface area contributed by atoms with E-state index in [9.17, 15) is 9.18 Å². The van der Waals surface area contributed by atoms with Crippen LogP contribution in [0, 0.1) is 5.95 Å². The third-order valence-electron chi connectivity index (χ3n) is 5.04. The Kier molecular flexibility index (Phi) is 8.58. The lowest BCUT2D eigenvalue weighted by molar-refractivity contribution is -0.0394. The molecule has 0 aromatic carbocycles. The fraction of sp³-hybridized carbons (Fsp3) is 0.609. The molecule has 1 saturated heterocycles. The van der Waals surface area contributed by atoms with Crippen LogP contribution >= 0.6 is 0 Å². The van der Waals surface area contributed by atoms with Crippen LogP contribution in [0.25, 0.3) is 11.3 Å². The highest BCUT2D eigenvalue weighted by molar-refractivity contribution is 5.68. The number of ether oxygens (including phenoxy) is 2. The normalized spacial score (nSPS) is 16.7. The minimum absolute atomic E-state index is 0.0611. The number of amides is 1. The minimum Gasteiger partial charge on any atom is -0.450 e. The molecule has 8 nitrogen and oxygen atoms in total. The Balaban J connectivity index is 1.50. The van der Waals surface area contributed by atoms with E-state index >= 15 is 0 Å². The summed E-state index contributed by atoms with van der Waals surface area (Å²) in [5.41, 5.74) is 2.34. The van der Waals surface area contributed by atoms with Crippen molar-refractivity contribution in [2.75, 3.05) is 26.3 Å². The second kappa shape index (κ2) is 11.4. The molecule has 0 bridgehead atoms. The number of nitrogens with zero attached hydrogens (tertiary/aromatic N) is 3. The molecule has 1 amide bonds. The zero-order chi connectivity index (χ0) is 23.0. The molecule has 0 radical (unpaired) electrons. The topological polar surface area (TPSA) is 90.3 Å². The maximum absolute atomic E-state index is 13.3. The number of carbonyl (C=O) groups is 1. The van der Waals surface area contributed by atoms with Gasteiger partial charge in [0, 0.05) is 30.1 Å². The van der Waals surface area contributed by atoms with Gasteiger partial charge in [-0.15, -0.1) is 0 Å². The van der Waals surface area contributed by atoms with Gasteiger partial charge in [0.15, 0.2) is 0 Å². The second-order valence-corrected chi connectivity index (χ2v) is 9.04. The summed E-state index contributed by atoms with van der Waals surface area (Å²) in [5, 5.41) is 10.9. The summed E-state index contributed by atoms with van der Waals surface area (Å²) in [6.07, 6.45) is 7.68.